The van der Waals surface area contributed by atoms with E-state index in [0.717, 1.165) is 25.3 Å². The van der Waals surface area contributed by atoms with Crippen molar-refractivity contribution in [3.05, 3.63) is 46.5 Å². The number of likely N-dealkylation sites (N-methyl/N-ethyl adjacent to an activating group) is 1. The maximum Gasteiger partial charge on any atom is 0.117 e. The summed E-state index contributed by atoms with van der Waals surface area (Å²) in [4.78, 5) is 3.72. The summed E-state index contributed by atoms with van der Waals surface area (Å²) in [6, 6.07) is 8.63. The number of thiophene rings is 1. The Kier molecular flexibility index (Phi) is 5.19. The van der Waals surface area contributed by atoms with E-state index in [1.807, 2.05) is 12.1 Å². The fourth-order valence-corrected chi connectivity index (χ4v) is 3.29. The normalized spacial score (nSPS) is 14.7. The fraction of sp³-hybridized carbons (Fsp3) is 0.467. The predicted octanol–water partition coefficient (Wildman–Crippen LogP) is 3.64. The van der Waals surface area contributed by atoms with Crippen LogP contribution in [0.15, 0.2) is 40.3 Å². The van der Waals surface area contributed by atoms with Crippen LogP contribution in [0.5, 0.6) is 0 Å². The van der Waals surface area contributed by atoms with Crippen molar-refractivity contribution in [1.82, 2.24) is 4.90 Å². The SMILES string of the molecule is CCC(N)C(c1cccs1)N(CC)Cc1ccco1. The van der Waals surface area contributed by atoms with Crippen LogP contribution in [0.4, 0.5) is 0 Å². The minimum Gasteiger partial charge on any atom is -0.468 e. The van der Waals surface area contributed by atoms with Crippen LogP contribution in [0.2, 0.25) is 0 Å². The Morgan fingerprint density at radius 2 is 2.16 bits per heavy atom. The number of hydrogen-bond acceptors (Lipinski definition) is 4. The van der Waals surface area contributed by atoms with Crippen LogP contribution in [0, 0.1) is 0 Å². The van der Waals surface area contributed by atoms with Gasteiger partial charge in [0, 0.05) is 10.9 Å². The van der Waals surface area contributed by atoms with Gasteiger partial charge in [-0.05, 0) is 36.5 Å². The van der Waals surface area contributed by atoms with E-state index in [1.54, 1.807) is 17.6 Å². The third-order valence-corrected chi connectivity index (χ3v) is 4.39. The van der Waals surface area contributed by atoms with Crippen molar-refractivity contribution in [2.24, 2.45) is 5.73 Å². The van der Waals surface area contributed by atoms with Gasteiger partial charge in [-0.3, -0.25) is 4.90 Å². The van der Waals surface area contributed by atoms with Crippen molar-refractivity contribution in [3.8, 4) is 0 Å². The van der Waals surface area contributed by atoms with Gasteiger partial charge in [0.15, 0.2) is 0 Å². The molecule has 0 fully saturated rings. The van der Waals surface area contributed by atoms with Gasteiger partial charge in [-0.15, -0.1) is 11.3 Å². The Balaban J connectivity index is 2.19. The van der Waals surface area contributed by atoms with E-state index in [4.69, 9.17) is 10.2 Å². The zero-order valence-corrected chi connectivity index (χ0v) is 12.4. The molecule has 0 aliphatic rings. The van der Waals surface area contributed by atoms with Crippen molar-refractivity contribution in [2.45, 2.75) is 38.9 Å². The third kappa shape index (κ3) is 3.47. The lowest BCUT2D eigenvalue weighted by Gasteiger charge is -2.33. The lowest BCUT2D eigenvalue weighted by molar-refractivity contribution is 0.160. The Morgan fingerprint density at radius 3 is 2.68 bits per heavy atom. The second-order valence-electron chi connectivity index (χ2n) is 4.67. The van der Waals surface area contributed by atoms with Crippen LogP contribution in [0.1, 0.15) is 36.9 Å². The number of hydrogen-bond donors (Lipinski definition) is 1. The van der Waals surface area contributed by atoms with Crippen LogP contribution in [-0.2, 0) is 6.54 Å². The lowest BCUT2D eigenvalue weighted by atomic mass is 10.0. The minimum atomic E-state index is 0.147. The second-order valence-corrected chi connectivity index (χ2v) is 5.65. The summed E-state index contributed by atoms with van der Waals surface area (Å²) in [7, 11) is 0. The molecule has 0 spiro atoms. The van der Waals surface area contributed by atoms with E-state index < -0.39 is 0 Å². The summed E-state index contributed by atoms with van der Waals surface area (Å²) in [5.74, 6) is 0.992. The summed E-state index contributed by atoms with van der Waals surface area (Å²) in [6.07, 6.45) is 2.69. The summed E-state index contributed by atoms with van der Waals surface area (Å²) in [6.45, 7) is 6.08. The zero-order chi connectivity index (χ0) is 13.7. The predicted molar refractivity (Wildman–Crippen MR) is 80.1 cm³/mol. The van der Waals surface area contributed by atoms with E-state index in [-0.39, 0.29) is 12.1 Å². The molecule has 2 atom stereocenters. The van der Waals surface area contributed by atoms with Crippen molar-refractivity contribution < 1.29 is 4.42 Å². The first-order valence-corrected chi connectivity index (χ1v) is 7.69. The largest absolute Gasteiger partial charge is 0.468 e. The highest BCUT2D eigenvalue weighted by atomic mass is 32.1. The number of furan rings is 1. The molecule has 2 aromatic rings. The Bertz CT molecular complexity index is 452. The molecule has 3 nitrogen and oxygen atoms in total. The fourth-order valence-electron chi connectivity index (χ4n) is 2.35. The summed E-state index contributed by atoms with van der Waals surface area (Å²) in [5, 5.41) is 2.12. The van der Waals surface area contributed by atoms with E-state index in [2.05, 4.69) is 36.3 Å². The molecule has 2 N–H and O–H groups in total. The Labute approximate surface area is 119 Å². The van der Waals surface area contributed by atoms with Crippen LogP contribution in [-0.4, -0.2) is 17.5 Å². The highest BCUT2D eigenvalue weighted by molar-refractivity contribution is 7.10. The third-order valence-electron chi connectivity index (χ3n) is 3.45. The molecule has 0 radical (unpaired) electrons. The van der Waals surface area contributed by atoms with Crippen LogP contribution in [0.3, 0.4) is 0 Å². The minimum absolute atomic E-state index is 0.147. The van der Waals surface area contributed by atoms with Gasteiger partial charge in [-0.1, -0.05) is 19.9 Å². The van der Waals surface area contributed by atoms with Crippen molar-refractivity contribution >= 4 is 11.3 Å². The average molecular weight is 278 g/mol. The van der Waals surface area contributed by atoms with Gasteiger partial charge < -0.3 is 10.2 Å². The molecule has 4 heteroatoms. The maximum absolute atomic E-state index is 6.35. The van der Waals surface area contributed by atoms with Crippen LogP contribution in [0.25, 0.3) is 0 Å². The number of nitrogens with zero attached hydrogens (tertiary/aromatic N) is 1. The second kappa shape index (κ2) is 6.89. The first-order chi connectivity index (χ1) is 9.26. The monoisotopic (exact) mass is 278 g/mol. The first-order valence-electron chi connectivity index (χ1n) is 6.81. The molecule has 104 valence electrons. The smallest absolute Gasteiger partial charge is 0.117 e. The van der Waals surface area contributed by atoms with E-state index in [1.165, 1.54) is 4.88 Å². The standard InChI is InChI=1S/C15H22N2OS/c1-3-13(16)15(14-8-6-10-19-14)17(4-2)11-12-7-5-9-18-12/h5-10,13,15H,3-4,11,16H2,1-2H3. The molecule has 0 saturated carbocycles. The Morgan fingerprint density at radius 1 is 1.32 bits per heavy atom. The molecule has 0 aliphatic carbocycles. The van der Waals surface area contributed by atoms with Gasteiger partial charge in [0.25, 0.3) is 0 Å². The number of rotatable bonds is 7. The number of nitrogens with two attached hydrogens (primary N) is 1. The van der Waals surface area contributed by atoms with Crippen molar-refractivity contribution in [1.29, 1.82) is 0 Å². The molecule has 2 rings (SSSR count). The van der Waals surface area contributed by atoms with E-state index in [0.29, 0.717) is 0 Å². The highest BCUT2D eigenvalue weighted by Crippen LogP contribution is 2.30. The molecule has 0 saturated heterocycles. The molecule has 2 unspecified atom stereocenters. The topological polar surface area (TPSA) is 42.4 Å². The lowest BCUT2D eigenvalue weighted by Crippen LogP contribution is -2.40. The average Bonchev–Trinajstić information content (AvgIpc) is 3.10. The molecule has 0 bridgehead atoms. The molecular weight excluding hydrogens is 256 g/mol. The molecule has 0 aliphatic heterocycles. The van der Waals surface area contributed by atoms with Crippen molar-refractivity contribution in [2.75, 3.05) is 6.54 Å². The van der Waals surface area contributed by atoms with Gasteiger partial charge in [-0.25, -0.2) is 0 Å². The van der Waals surface area contributed by atoms with Gasteiger partial charge >= 0.3 is 0 Å². The maximum atomic E-state index is 6.35. The van der Waals surface area contributed by atoms with Crippen molar-refractivity contribution in [3.63, 3.8) is 0 Å². The molecular formula is C15H22N2OS. The molecule has 0 aromatic carbocycles. The van der Waals surface area contributed by atoms with Gasteiger partial charge in [0.05, 0.1) is 18.8 Å². The summed E-state index contributed by atoms with van der Waals surface area (Å²) >= 11 is 1.78. The quantitative estimate of drug-likeness (QED) is 0.840. The molecule has 2 aromatic heterocycles. The molecule has 19 heavy (non-hydrogen) atoms. The van der Waals surface area contributed by atoms with Gasteiger partial charge in [0.2, 0.25) is 0 Å². The summed E-state index contributed by atoms with van der Waals surface area (Å²) in [5.41, 5.74) is 6.35. The Hall–Kier alpha value is -1.10. The van der Waals surface area contributed by atoms with Crippen LogP contribution >= 0.6 is 11.3 Å². The summed E-state index contributed by atoms with van der Waals surface area (Å²) < 4.78 is 5.47. The molecule has 0 amide bonds. The van der Waals surface area contributed by atoms with E-state index >= 15 is 0 Å². The van der Waals surface area contributed by atoms with Crippen LogP contribution < -0.4 is 5.73 Å². The zero-order valence-electron chi connectivity index (χ0n) is 11.6. The molecule has 2 heterocycles. The first kappa shape index (κ1) is 14.3. The highest BCUT2D eigenvalue weighted by Gasteiger charge is 2.26. The van der Waals surface area contributed by atoms with Gasteiger partial charge in [0.1, 0.15) is 5.76 Å². The van der Waals surface area contributed by atoms with Gasteiger partial charge in [-0.2, -0.15) is 0 Å². The van der Waals surface area contributed by atoms with E-state index in [9.17, 15) is 0 Å².